The number of amides is 4. The van der Waals surface area contributed by atoms with Crippen LogP contribution in [0.2, 0.25) is 5.02 Å². The number of nitrogens with one attached hydrogen (secondary N) is 1. The van der Waals surface area contributed by atoms with Crippen molar-refractivity contribution in [2.24, 2.45) is 5.92 Å². The predicted molar refractivity (Wildman–Crippen MR) is 180 cm³/mol. The molecular formula is C33H46ClN7O3S. The molecule has 3 fully saturated rings. The standard InChI is InChI=1S/C33H46ClN7O3S/c1-22-17-23(19-28(34)30(22)35)18-25(32(43)40-10-3-26(4-11-40)38-14-12-37(2)13-15-38)20-29(42)39-8-5-27(6-9-39)41-21-24-7-16-45-31(24)36-33(41)44/h7,16-17,19,25-27H,3-6,8-15,18,20-21,35H2,1-2H3,(H,36,44)/t25-/m0/s1. The SMILES string of the molecule is Cc1cc(C[C@@H](CC(=O)N2CCC(N3Cc4ccsc4NC3=O)CC2)C(=O)N2CCC(N3CCN(C)CC3)CC2)cc(Cl)c1N. The molecule has 1 aromatic heterocycles. The Morgan fingerprint density at radius 3 is 2.36 bits per heavy atom. The fourth-order valence-electron chi connectivity index (χ4n) is 7.43. The Balaban J connectivity index is 1.09. The molecular weight excluding hydrogens is 610 g/mol. The van der Waals surface area contributed by atoms with E-state index in [1.165, 1.54) is 0 Å². The van der Waals surface area contributed by atoms with Gasteiger partial charge < -0.3 is 25.3 Å². The Kier molecular flexibility index (Phi) is 9.89. The molecule has 0 spiro atoms. The van der Waals surface area contributed by atoms with Crippen molar-refractivity contribution < 1.29 is 14.4 Å². The number of carbonyl (C=O) groups excluding carboxylic acids is 3. The monoisotopic (exact) mass is 655 g/mol. The first kappa shape index (κ1) is 32.1. The molecule has 1 atom stereocenters. The second kappa shape index (κ2) is 13.9. The van der Waals surface area contributed by atoms with Crippen molar-refractivity contribution >= 4 is 51.5 Å². The fourth-order valence-corrected chi connectivity index (χ4v) is 8.52. The molecule has 0 radical (unpaired) electrons. The van der Waals surface area contributed by atoms with E-state index < -0.39 is 5.92 Å². The molecule has 0 aliphatic carbocycles. The van der Waals surface area contributed by atoms with E-state index in [0.717, 1.165) is 86.6 Å². The molecule has 12 heteroatoms. The number of anilines is 2. The van der Waals surface area contributed by atoms with Crippen molar-refractivity contribution in [2.75, 3.05) is 70.5 Å². The van der Waals surface area contributed by atoms with Crippen LogP contribution in [0.4, 0.5) is 15.5 Å². The molecule has 0 saturated carbocycles. The molecule has 0 bridgehead atoms. The number of carbonyl (C=O) groups is 3. The highest BCUT2D eigenvalue weighted by atomic mass is 35.5. The van der Waals surface area contributed by atoms with Gasteiger partial charge in [0.05, 0.1) is 23.2 Å². The number of urea groups is 1. The lowest BCUT2D eigenvalue weighted by molar-refractivity contribution is -0.143. The summed E-state index contributed by atoms with van der Waals surface area (Å²) in [5.41, 5.74) is 9.60. The maximum atomic E-state index is 14.1. The number of likely N-dealkylation sites (tertiary alicyclic amines) is 2. The van der Waals surface area contributed by atoms with E-state index in [1.807, 2.05) is 39.1 Å². The Labute approximate surface area is 275 Å². The van der Waals surface area contributed by atoms with Crippen molar-refractivity contribution in [2.45, 2.75) is 64.1 Å². The van der Waals surface area contributed by atoms with Gasteiger partial charge in [-0.05, 0) is 74.7 Å². The summed E-state index contributed by atoms with van der Waals surface area (Å²) in [6.45, 7) is 9.46. The van der Waals surface area contributed by atoms with Crippen LogP contribution in [0, 0.1) is 12.8 Å². The van der Waals surface area contributed by atoms with Crippen LogP contribution >= 0.6 is 22.9 Å². The Morgan fingerprint density at radius 1 is 1.00 bits per heavy atom. The first-order valence-electron chi connectivity index (χ1n) is 16.3. The summed E-state index contributed by atoms with van der Waals surface area (Å²) in [5, 5.41) is 6.42. The van der Waals surface area contributed by atoms with Gasteiger partial charge in [-0.25, -0.2) is 4.79 Å². The molecule has 4 amide bonds. The fraction of sp³-hybridized carbons (Fsp3) is 0.606. The van der Waals surface area contributed by atoms with Gasteiger partial charge in [-0.1, -0.05) is 17.7 Å². The van der Waals surface area contributed by atoms with E-state index in [4.69, 9.17) is 17.3 Å². The average molecular weight is 656 g/mol. The van der Waals surface area contributed by atoms with Crippen molar-refractivity contribution in [1.82, 2.24) is 24.5 Å². The number of aryl methyl sites for hydroxylation is 1. The number of hydrogen-bond acceptors (Lipinski definition) is 7. The summed E-state index contributed by atoms with van der Waals surface area (Å²) in [6.07, 6.45) is 3.98. The van der Waals surface area contributed by atoms with Gasteiger partial charge in [0.1, 0.15) is 5.00 Å². The zero-order chi connectivity index (χ0) is 31.7. The van der Waals surface area contributed by atoms with E-state index in [2.05, 4.69) is 28.2 Å². The molecule has 5 heterocycles. The lowest BCUT2D eigenvalue weighted by Crippen LogP contribution is -2.54. The Bertz CT molecular complexity index is 1370. The van der Waals surface area contributed by atoms with Crippen LogP contribution in [0.5, 0.6) is 0 Å². The summed E-state index contributed by atoms with van der Waals surface area (Å²) in [4.78, 5) is 51.3. The van der Waals surface area contributed by atoms with Gasteiger partial charge >= 0.3 is 6.03 Å². The largest absolute Gasteiger partial charge is 0.397 e. The van der Waals surface area contributed by atoms with Gasteiger partial charge in [0.25, 0.3) is 0 Å². The van der Waals surface area contributed by atoms with Gasteiger partial charge in [0.15, 0.2) is 0 Å². The maximum Gasteiger partial charge on any atom is 0.323 e. The number of fused-ring (bicyclic) bond motifs is 1. The summed E-state index contributed by atoms with van der Waals surface area (Å²) < 4.78 is 0. The van der Waals surface area contributed by atoms with Gasteiger partial charge in [-0.15, -0.1) is 11.3 Å². The molecule has 6 rings (SSSR count). The number of thiophene rings is 1. The Morgan fingerprint density at radius 2 is 1.67 bits per heavy atom. The summed E-state index contributed by atoms with van der Waals surface area (Å²) in [5.74, 6) is -0.419. The van der Waals surface area contributed by atoms with E-state index in [-0.39, 0.29) is 30.3 Å². The summed E-state index contributed by atoms with van der Waals surface area (Å²) in [7, 11) is 2.17. The van der Waals surface area contributed by atoms with Crippen LogP contribution in [0.3, 0.4) is 0 Å². The molecule has 10 nitrogen and oxygen atoms in total. The molecule has 2 aromatic rings. The van der Waals surface area contributed by atoms with Crippen LogP contribution < -0.4 is 11.1 Å². The van der Waals surface area contributed by atoms with Crippen LogP contribution in [0.15, 0.2) is 23.6 Å². The average Bonchev–Trinajstić information content (AvgIpc) is 3.50. The van der Waals surface area contributed by atoms with Crippen molar-refractivity contribution in [1.29, 1.82) is 0 Å². The highest BCUT2D eigenvalue weighted by Crippen LogP contribution is 2.32. The van der Waals surface area contributed by atoms with E-state index in [9.17, 15) is 14.4 Å². The van der Waals surface area contributed by atoms with Crippen LogP contribution in [0.25, 0.3) is 0 Å². The lowest BCUT2D eigenvalue weighted by Gasteiger charge is -2.42. The second-order valence-corrected chi connectivity index (χ2v) is 14.6. The number of benzene rings is 1. The van der Waals surface area contributed by atoms with E-state index in [1.54, 1.807) is 11.3 Å². The predicted octanol–water partition coefficient (Wildman–Crippen LogP) is 4.12. The molecule has 244 valence electrons. The number of nitrogens with two attached hydrogens (primary N) is 1. The van der Waals surface area contributed by atoms with Crippen molar-refractivity contribution in [3.05, 3.63) is 45.3 Å². The third kappa shape index (κ3) is 7.26. The molecule has 3 saturated heterocycles. The number of rotatable bonds is 7. The number of halogens is 1. The van der Waals surface area contributed by atoms with Gasteiger partial charge in [-0.2, -0.15) is 0 Å². The molecule has 4 aliphatic rings. The normalized spacial score (nSPS) is 21.5. The highest BCUT2D eigenvalue weighted by Gasteiger charge is 2.36. The molecule has 0 unspecified atom stereocenters. The van der Waals surface area contributed by atoms with Crippen LogP contribution in [-0.2, 0) is 22.6 Å². The molecule has 1 aromatic carbocycles. The van der Waals surface area contributed by atoms with E-state index >= 15 is 0 Å². The number of nitrogen functional groups attached to an aromatic ring is 1. The second-order valence-electron chi connectivity index (χ2n) is 13.3. The number of likely N-dealkylation sites (N-methyl/N-ethyl adjacent to an activating group) is 1. The van der Waals surface area contributed by atoms with Gasteiger partial charge in [-0.3, -0.25) is 19.8 Å². The molecule has 45 heavy (non-hydrogen) atoms. The van der Waals surface area contributed by atoms with Gasteiger partial charge in [0.2, 0.25) is 11.8 Å². The smallest absolute Gasteiger partial charge is 0.323 e. The number of piperidine rings is 2. The topological polar surface area (TPSA) is 105 Å². The maximum absolute atomic E-state index is 14.1. The highest BCUT2D eigenvalue weighted by molar-refractivity contribution is 7.14. The summed E-state index contributed by atoms with van der Waals surface area (Å²) in [6, 6.07) is 6.42. The zero-order valence-electron chi connectivity index (χ0n) is 26.5. The number of piperazine rings is 1. The minimum absolute atomic E-state index is 0.000558. The molecule has 3 N–H and O–H groups in total. The number of nitrogens with zero attached hydrogens (tertiary/aromatic N) is 5. The third-order valence-electron chi connectivity index (χ3n) is 10.3. The Hall–Kier alpha value is -2.86. The number of hydrogen-bond donors (Lipinski definition) is 2. The first-order chi connectivity index (χ1) is 21.7. The van der Waals surface area contributed by atoms with Crippen molar-refractivity contribution in [3.8, 4) is 0 Å². The van der Waals surface area contributed by atoms with Crippen molar-refractivity contribution in [3.63, 3.8) is 0 Å². The summed E-state index contributed by atoms with van der Waals surface area (Å²) >= 11 is 7.98. The third-order valence-corrected chi connectivity index (χ3v) is 11.5. The zero-order valence-corrected chi connectivity index (χ0v) is 28.0. The van der Waals surface area contributed by atoms with Crippen LogP contribution in [0.1, 0.15) is 48.8 Å². The molecule has 4 aliphatic heterocycles. The minimum atomic E-state index is -0.473. The minimum Gasteiger partial charge on any atom is -0.397 e. The quantitative estimate of drug-likeness (QED) is 0.435. The first-order valence-corrected chi connectivity index (χ1v) is 17.6. The van der Waals surface area contributed by atoms with Crippen LogP contribution in [-0.4, -0.2) is 114 Å². The van der Waals surface area contributed by atoms with E-state index in [0.29, 0.717) is 42.8 Å². The van der Waals surface area contributed by atoms with Gasteiger partial charge in [0, 0.05) is 76.4 Å². The lowest BCUT2D eigenvalue weighted by atomic mass is 9.91.